The van der Waals surface area contributed by atoms with E-state index in [-0.39, 0.29) is 24.2 Å². The van der Waals surface area contributed by atoms with Crippen LogP contribution in [0.4, 0.5) is 0 Å². The predicted molar refractivity (Wildman–Crippen MR) is 80.9 cm³/mol. The maximum atomic E-state index is 12.3. The van der Waals surface area contributed by atoms with E-state index in [0.717, 1.165) is 32.4 Å². The zero-order valence-electron chi connectivity index (χ0n) is 12.4. The Balaban J connectivity index is 0.00000200. The van der Waals surface area contributed by atoms with E-state index in [1.807, 2.05) is 0 Å². The molecule has 5 nitrogen and oxygen atoms in total. The summed E-state index contributed by atoms with van der Waals surface area (Å²) in [5, 5.41) is 3.40. The van der Waals surface area contributed by atoms with E-state index in [1.165, 1.54) is 0 Å². The molecular weight excluding hydrogens is 278 g/mol. The minimum Gasteiger partial charge on any atom is -0.349 e. The van der Waals surface area contributed by atoms with Crippen LogP contribution in [0.1, 0.15) is 38.5 Å². The summed E-state index contributed by atoms with van der Waals surface area (Å²) in [4.78, 5) is 27.5. The number of hydrogen-bond donors (Lipinski definition) is 1. The molecule has 0 aliphatic carbocycles. The first-order chi connectivity index (χ1) is 9.09. The van der Waals surface area contributed by atoms with Crippen molar-refractivity contribution in [3.05, 3.63) is 0 Å². The standard InChI is InChI=1S/C14H25N3O2.ClH/c1-16(2)13(18)4-3-5-14(19)17-11-6-7-12(17)10-15-9-8-11;/h11-12,15H,3-10H2,1-2H3;1H. The van der Waals surface area contributed by atoms with Crippen LogP contribution in [0.3, 0.4) is 0 Å². The van der Waals surface area contributed by atoms with E-state index in [4.69, 9.17) is 0 Å². The second-order valence-corrected chi connectivity index (χ2v) is 5.82. The van der Waals surface area contributed by atoms with Gasteiger partial charge < -0.3 is 15.1 Å². The Bertz CT molecular complexity index is 335. The van der Waals surface area contributed by atoms with Gasteiger partial charge in [-0.3, -0.25) is 9.59 Å². The van der Waals surface area contributed by atoms with Crippen molar-refractivity contribution in [2.24, 2.45) is 0 Å². The molecule has 2 saturated heterocycles. The second kappa shape index (κ2) is 7.84. The molecule has 6 heteroatoms. The van der Waals surface area contributed by atoms with Crippen LogP contribution in [-0.4, -0.2) is 60.9 Å². The van der Waals surface area contributed by atoms with Gasteiger partial charge in [-0.2, -0.15) is 0 Å². The Labute approximate surface area is 127 Å². The number of hydrogen-bond acceptors (Lipinski definition) is 3. The van der Waals surface area contributed by atoms with Gasteiger partial charge in [0.2, 0.25) is 11.8 Å². The molecule has 0 saturated carbocycles. The van der Waals surface area contributed by atoms with Crippen molar-refractivity contribution in [2.45, 2.75) is 50.6 Å². The van der Waals surface area contributed by atoms with Crippen molar-refractivity contribution in [3.63, 3.8) is 0 Å². The van der Waals surface area contributed by atoms with Crippen LogP contribution < -0.4 is 5.32 Å². The fourth-order valence-electron chi connectivity index (χ4n) is 3.13. The number of nitrogens with zero attached hydrogens (tertiary/aromatic N) is 2. The third-order valence-corrected chi connectivity index (χ3v) is 4.22. The first kappa shape index (κ1) is 17.2. The monoisotopic (exact) mass is 303 g/mol. The molecule has 2 fully saturated rings. The highest BCUT2D eigenvalue weighted by molar-refractivity contribution is 5.85. The molecule has 2 bridgehead atoms. The van der Waals surface area contributed by atoms with Gasteiger partial charge in [-0.25, -0.2) is 0 Å². The molecule has 0 aromatic heterocycles. The van der Waals surface area contributed by atoms with Gasteiger partial charge in [-0.15, -0.1) is 12.4 Å². The van der Waals surface area contributed by atoms with Crippen molar-refractivity contribution in [2.75, 3.05) is 27.2 Å². The molecule has 1 N–H and O–H groups in total. The highest BCUT2D eigenvalue weighted by Gasteiger charge is 2.37. The van der Waals surface area contributed by atoms with E-state index >= 15 is 0 Å². The van der Waals surface area contributed by atoms with Gasteiger partial charge >= 0.3 is 0 Å². The Hall–Kier alpha value is -0.810. The number of halogens is 1. The Kier molecular flexibility index (Phi) is 6.76. The van der Waals surface area contributed by atoms with Gasteiger partial charge in [0.15, 0.2) is 0 Å². The van der Waals surface area contributed by atoms with Crippen molar-refractivity contribution < 1.29 is 9.59 Å². The lowest BCUT2D eigenvalue weighted by Crippen LogP contribution is -2.42. The van der Waals surface area contributed by atoms with Crippen molar-refractivity contribution in [1.29, 1.82) is 0 Å². The van der Waals surface area contributed by atoms with Gasteiger partial charge in [0, 0.05) is 45.6 Å². The summed E-state index contributed by atoms with van der Waals surface area (Å²) in [6.07, 6.45) is 4.99. The lowest BCUT2D eigenvalue weighted by Gasteiger charge is -2.28. The van der Waals surface area contributed by atoms with E-state index in [2.05, 4.69) is 10.2 Å². The molecule has 2 unspecified atom stereocenters. The van der Waals surface area contributed by atoms with Gasteiger partial charge in [0.1, 0.15) is 0 Å². The van der Waals surface area contributed by atoms with Gasteiger partial charge in [0.25, 0.3) is 0 Å². The zero-order chi connectivity index (χ0) is 13.8. The van der Waals surface area contributed by atoms with Crippen molar-refractivity contribution in [1.82, 2.24) is 15.1 Å². The normalized spacial score (nSPS) is 24.8. The number of fused-ring (bicyclic) bond motifs is 2. The van der Waals surface area contributed by atoms with E-state index < -0.39 is 0 Å². The molecular formula is C14H26ClN3O2. The fraction of sp³-hybridized carbons (Fsp3) is 0.857. The van der Waals surface area contributed by atoms with Gasteiger partial charge in [0.05, 0.1) is 0 Å². The molecule has 2 heterocycles. The molecule has 2 aliphatic heterocycles. The van der Waals surface area contributed by atoms with E-state index in [9.17, 15) is 9.59 Å². The summed E-state index contributed by atoms with van der Waals surface area (Å²) < 4.78 is 0. The van der Waals surface area contributed by atoms with Crippen LogP contribution in [0, 0.1) is 0 Å². The topological polar surface area (TPSA) is 52.7 Å². The smallest absolute Gasteiger partial charge is 0.223 e. The summed E-state index contributed by atoms with van der Waals surface area (Å²) in [7, 11) is 3.51. The number of amides is 2. The summed E-state index contributed by atoms with van der Waals surface area (Å²) in [6, 6.07) is 0.807. The zero-order valence-corrected chi connectivity index (χ0v) is 13.2. The first-order valence-electron chi connectivity index (χ1n) is 7.31. The summed E-state index contributed by atoms with van der Waals surface area (Å²) in [5.41, 5.74) is 0. The minimum atomic E-state index is 0. The van der Waals surface area contributed by atoms with E-state index in [1.54, 1.807) is 19.0 Å². The number of carbonyl (C=O) groups is 2. The van der Waals surface area contributed by atoms with Crippen LogP contribution in [0.25, 0.3) is 0 Å². The quantitative estimate of drug-likeness (QED) is 0.844. The van der Waals surface area contributed by atoms with E-state index in [0.29, 0.717) is 31.3 Å². The maximum Gasteiger partial charge on any atom is 0.223 e. The molecule has 20 heavy (non-hydrogen) atoms. The molecule has 0 aromatic rings. The predicted octanol–water partition coefficient (Wildman–Crippen LogP) is 1.02. The van der Waals surface area contributed by atoms with Crippen LogP contribution >= 0.6 is 12.4 Å². The number of carbonyl (C=O) groups excluding carboxylic acids is 2. The maximum absolute atomic E-state index is 12.3. The first-order valence-corrected chi connectivity index (χ1v) is 7.31. The Morgan fingerprint density at radius 2 is 1.85 bits per heavy atom. The van der Waals surface area contributed by atoms with Crippen molar-refractivity contribution >= 4 is 24.2 Å². The summed E-state index contributed by atoms with van der Waals surface area (Å²) in [5.74, 6) is 0.344. The Morgan fingerprint density at radius 3 is 2.55 bits per heavy atom. The Morgan fingerprint density at radius 1 is 1.15 bits per heavy atom. The van der Waals surface area contributed by atoms with Crippen molar-refractivity contribution in [3.8, 4) is 0 Å². The molecule has 2 atom stereocenters. The second-order valence-electron chi connectivity index (χ2n) is 5.82. The lowest BCUT2D eigenvalue weighted by atomic mass is 10.1. The molecule has 2 amide bonds. The molecule has 2 rings (SSSR count). The van der Waals surface area contributed by atoms with Crippen LogP contribution in [0.5, 0.6) is 0 Å². The summed E-state index contributed by atoms with van der Waals surface area (Å²) >= 11 is 0. The van der Waals surface area contributed by atoms with Crippen LogP contribution in [0.15, 0.2) is 0 Å². The number of nitrogens with one attached hydrogen (secondary N) is 1. The molecule has 0 radical (unpaired) electrons. The average Bonchev–Trinajstić information content (AvgIpc) is 2.62. The SMILES string of the molecule is CN(C)C(=O)CCCC(=O)N1C2CCNCC1CC2.Cl. The average molecular weight is 304 g/mol. The lowest BCUT2D eigenvalue weighted by molar-refractivity contribution is -0.134. The molecule has 2 aliphatic rings. The van der Waals surface area contributed by atoms with Crippen LogP contribution in [0.2, 0.25) is 0 Å². The minimum absolute atomic E-state index is 0. The summed E-state index contributed by atoms with van der Waals surface area (Å²) in [6.45, 7) is 1.95. The third kappa shape index (κ3) is 4.09. The van der Waals surface area contributed by atoms with Crippen LogP contribution in [-0.2, 0) is 9.59 Å². The molecule has 116 valence electrons. The molecule has 0 spiro atoms. The van der Waals surface area contributed by atoms with Gasteiger partial charge in [-0.05, 0) is 32.2 Å². The highest BCUT2D eigenvalue weighted by Crippen LogP contribution is 2.28. The fourth-order valence-corrected chi connectivity index (χ4v) is 3.13. The largest absolute Gasteiger partial charge is 0.349 e. The number of rotatable bonds is 4. The highest BCUT2D eigenvalue weighted by atomic mass is 35.5. The third-order valence-electron chi connectivity index (χ3n) is 4.22. The van der Waals surface area contributed by atoms with Gasteiger partial charge in [-0.1, -0.05) is 0 Å². The molecule has 0 aromatic carbocycles.